The van der Waals surface area contributed by atoms with Gasteiger partial charge in [-0.3, -0.25) is 14.2 Å². The standard InChI is InChI=1S/C15H21ClN2O4/c1-5-9(2)12(13(20)21)17-14(22)15(3,4)18-8-10(16)6-7-11(18)19/h6-9,12H,5H2,1-4H3,(H,17,22)(H,20,21). The van der Waals surface area contributed by atoms with E-state index in [0.717, 1.165) is 0 Å². The molecule has 0 aromatic carbocycles. The molecule has 0 aliphatic rings. The predicted molar refractivity (Wildman–Crippen MR) is 84.1 cm³/mol. The van der Waals surface area contributed by atoms with Crippen LogP contribution >= 0.6 is 11.6 Å². The number of nitrogens with one attached hydrogen (secondary N) is 1. The van der Waals surface area contributed by atoms with Gasteiger partial charge in [-0.15, -0.1) is 0 Å². The summed E-state index contributed by atoms with van der Waals surface area (Å²) in [5, 5.41) is 12.1. The van der Waals surface area contributed by atoms with Crippen molar-refractivity contribution in [1.82, 2.24) is 9.88 Å². The molecule has 0 aliphatic carbocycles. The van der Waals surface area contributed by atoms with Crippen LogP contribution in [-0.2, 0) is 15.1 Å². The zero-order valence-electron chi connectivity index (χ0n) is 13.1. The van der Waals surface area contributed by atoms with Crippen molar-refractivity contribution in [2.75, 3.05) is 0 Å². The summed E-state index contributed by atoms with van der Waals surface area (Å²) in [5.41, 5.74) is -1.65. The van der Waals surface area contributed by atoms with Crippen LogP contribution in [0.1, 0.15) is 34.1 Å². The normalized spacial score (nSPS) is 14.2. The van der Waals surface area contributed by atoms with Crippen LogP contribution in [-0.4, -0.2) is 27.6 Å². The Morgan fingerprint density at radius 1 is 1.41 bits per heavy atom. The highest BCUT2D eigenvalue weighted by Crippen LogP contribution is 2.17. The molecule has 0 spiro atoms. The number of carboxylic acid groups (broad SMARTS) is 1. The number of pyridine rings is 1. The van der Waals surface area contributed by atoms with E-state index >= 15 is 0 Å². The number of halogens is 1. The second kappa shape index (κ2) is 6.96. The Morgan fingerprint density at radius 3 is 2.50 bits per heavy atom. The third kappa shape index (κ3) is 3.88. The van der Waals surface area contributed by atoms with Gasteiger partial charge < -0.3 is 10.4 Å². The maximum Gasteiger partial charge on any atom is 0.326 e. The molecule has 1 aromatic heterocycles. The molecule has 22 heavy (non-hydrogen) atoms. The Labute approximate surface area is 134 Å². The summed E-state index contributed by atoms with van der Waals surface area (Å²) >= 11 is 5.87. The molecule has 0 saturated heterocycles. The van der Waals surface area contributed by atoms with Crippen molar-refractivity contribution >= 4 is 23.5 Å². The summed E-state index contributed by atoms with van der Waals surface area (Å²) in [5.74, 6) is -1.88. The van der Waals surface area contributed by atoms with Crippen LogP contribution in [0.25, 0.3) is 0 Å². The van der Waals surface area contributed by atoms with E-state index in [4.69, 9.17) is 11.6 Å². The van der Waals surface area contributed by atoms with Crippen LogP contribution in [0, 0.1) is 5.92 Å². The molecule has 7 heteroatoms. The monoisotopic (exact) mass is 328 g/mol. The molecule has 122 valence electrons. The topological polar surface area (TPSA) is 88.4 Å². The molecule has 1 rings (SSSR count). The van der Waals surface area contributed by atoms with Gasteiger partial charge >= 0.3 is 5.97 Å². The van der Waals surface area contributed by atoms with Crippen molar-refractivity contribution in [3.05, 3.63) is 33.7 Å². The number of aliphatic carboxylic acids is 1. The van der Waals surface area contributed by atoms with E-state index in [1.165, 1.54) is 36.7 Å². The largest absolute Gasteiger partial charge is 0.480 e. The molecule has 1 heterocycles. The van der Waals surface area contributed by atoms with Gasteiger partial charge in [-0.1, -0.05) is 31.9 Å². The van der Waals surface area contributed by atoms with Crippen LogP contribution in [0.3, 0.4) is 0 Å². The number of hydrogen-bond acceptors (Lipinski definition) is 3. The summed E-state index contributed by atoms with van der Waals surface area (Å²) in [6, 6.07) is 1.69. The van der Waals surface area contributed by atoms with Gasteiger partial charge in [-0.05, 0) is 25.8 Å². The fraction of sp³-hybridized carbons (Fsp3) is 0.533. The number of carbonyl (C=O) groups is 2. The highest BCUT2D eigenvalue weighted by Gasteiger charge is 2.35. The van der Waals surface area contributed by atoms with E-state index in [0.29, 0.717) is 11.4 Å². The summed E-state index contributed by atoms with van der Waals surface area (Å²) in [6.07, 6.45) is 1.97. The average molecular weight is 329 g/mol. The van der Waals surface area contributed by atoms with Crippen molar-refractivity contribution in [3.63, 3.8) is 0 Å². The lowest BCUT2D eigenvalue weighted by Gasteiger charge is -2.29. The average Bonchev–Trinajstić information content (AvgIpc) is 2.45. The number of nitrogens with zero attached hydrogens (tertiary/aromatic N) is 1. The maximum absolute atomic E-state index is 12.5. The van der Waals surface area contributed by atoms with Gasteiger partial charge in [-0.25, -0.2) is 4.79 Å². The van der Waals surface area contributed by atoms with Crippen molar-refractivity contribution in [2.24, 2.45) is 5.92 Å². The summed E-state index contributed by atoms with van der Waals surface area (Å²) in [4.78, 5) is 35.7. The molecule has 6 nitrogen and oxygen atoms in total. The lowest BCUT2D eigenvalue weighted by atomic mass is 9.96. The summed E-state index contributed by atoms with van der Waals surface area (Å²) < 4.78 is 1.19. The minimum atomic E-state index is -1.26. The minimum absolute atomic E-state index is 0.228. The number of carbonyl (C=O) groups excluding carboxylic acids is 1. The van der Waals surface area contributed by atoms with E-state index in [1.54, 1.807) is 6.92 Å². The lowest BCUT2D eigenvalue weighted by molar-refractivity contribution is -0.144. The number of aromatic nitrogens is 1. The Bertz CT molecular complexity index is 624. The first-order valence-corrected chi connectivity index (χ1v) is 7.41. The number of hydrogen-bond donors (Lipinski definition) is 2. The SMILES string of the molecule is CCC(C)C(NC(=O)C(C)(C)n1cc(Cl)ccc1=O)C(=O)O. The molecule has 0 bridgehead atoms. The van der Waals surface area contributed by atoms with Gasteiger partial charge in [-0.2, -0.15) is 0 Å². The number of amides is 1. The Kier molecular flexibility index (Phi) is 5.77. The Hall–Kier alpha value is -1.82. The fourth-order valence-corrected chi connectivity index (χ4v) is 2.17. The molecule has 1 aromatic rings. The van der Waals surface area contributed by atoms with E-state index < -0.39 is 23.5 Å². The van der Waals surface area contributed by atoms with Crippen LogP contribution in [0.5, 0.6) is 0 Å². The smallest absolute Gasteiger partial charge is 0.326 e. The molecule has 2 N–H and O–H groups in total. The highest BCUT2D eigenvalue weighted by atomic mass is 35.5. The quantitative estimate of drug-likeness (QED) is 0.834. The minimum Gasteiger partial charge on any atom is -0.480 e. The second-order valence-corrected chi connectivity index (χ2v) is 6.23. The molecule has 2 unspecified atom stereocenters. The van der Waals surface area contributed by atoms with Crippen LogP contribution in [0.4, 0.5) is 0 Å². The van der Waals surface area contributed by atoms with Crippen molar-refractivity contribution in [2.45, 2.75) is 45.7 Å². The van der Waals surface area contributed by atoms with Crippen LogP contribution < -0.4 is 10.9 Å². The molecule has 0 aliphatic heterocycles. The predicted octanol–water partition coefficient (Wildman–Crippen LogP) is 1.85. The fourth-order valence-electron chi connectivity index (χ4n) is 2.01. The van der Waals surface area contributed by atoms with Gasteiger partial charge in [0.2, 0.25) is 5.91 Å². The number of rotatable bonds is 6. The van der Waals surface area contributed by atoms with Crippen molar-refractivity contribution < 1.29 is 14.7 Å². The molecular weight excluding hydrogens is 308 g/mol. The third-order valence-corrected chi connectivity index (χ3v) is 4.02. The first-order valence-electron chi connectivity index (χ1n) is 7.03. The van der Waals surface area contributed by atoms with Gasteiger partial charge in [0.1, 0.15) is 11.6 Å². The van der Waals surface area contributed by atoms with Gasteiger partial charge in [0.25, 0.3) is 5.56 Å². The zero-order valence-corrected chi connectivity index (χ0v) is 13.8. The van der Waals surface area contributed by atoms with Gasteiger partial charge in [0, 0.05) is 12.3 Å². The summed E-state index contributed by atoms with van der Waals surface area (Å²) in [7, 11) is 0. The zero-order chi connectivity index (χ0) is 17.1. The van der Waals surface area contributed by atoms with E-state index in [-0.39, 0.29) is 11.5 Å². The van der Waals surface area contributed by atoms with Gasteiger partial charge in [0.05, 0.1) is 5.02 Å². The molecule has 1 amide bonds. The Morgan fingerprint density at radius 2 is 2.00 bits per heavy atom. The number of carboxylic acids is 1. The van der Waals surface area contributed by atoms with E-state index in [2.05, 4.69) is 5.32 Å². The van der Waals surface area contributed by atoms with Gasteiger partial charge in [0.15, 0.2) is 0 Å². The maximum atomic E-state index is 12.5. The molecule has 2 atom stereocenters. The highest BCUT2D eigenvalue weighted by molar-refractivity contribution is 6.30. The van der Waals surface area contributed by atoms with Crippen LogP contribution in [0.2, 0.25) is 5.02 Å². The molecule has 0 radical (unpaired) electrons. The molecular formula is C15H21ClN2O4. The first-order chi connectivity index (χ1) is 10.1. The first kappa shape index (κ1) is 18.2. The van der Waals surface area contributed by atoms with Crippen LogP contribution in [0.15, 0.2) is 23.1 Å². The second-order valence-electron chi connectivity index (χ2n) is 5.79. The molecule has 0 fully saturated rings. The third-order valence-electron chi connectivity index (χ3n) is 3.80. The van der Waals surface area contributed by atoms with Crippen molar-refractivity contribution in [1.29, 1.82) is 0 Å². The van der Waals surface area contributed by atoms with E-state index in [1.807, 2.05) is 6.92 Å². The summed E-state index contributed by atoms with van der Waals surface area (Å²) in [6.45, 7) is 6.67. The lowest BCUT2D eigenvalue weighted by Crippen LogP contribution is -2.54. The molecule has 0 saturated carbocycles. The Balaban J connectivity index is 3.11. The van der Waals surface area contributed by atoms with E-state index in [9.17, 15) is 19.5 Å². The van der Waals surface area contributed by atoms with Crippen molar-refractivity contribution in [3.8, 4) is 0 Å².